The molecule has 114 valence electrons. The van der Waals surface area contributed by atoms with Gasteiger partial charge in [0.2, 0.25) is 0 Å². The van der Waals surface area contributed by atoms with Gasteiger partial charge in [0.05, 0.1) is 11.3 Å². The molecule has 3 N–H and O–H groups in total. The average Bonchev–Trinajstić information content (AvgIpc) is 2.28. The molecule has 0 unspecified atom stereocenters. The zero-order valence-electron chi connectivity index (χ0n) is 11.3. The van der Waals surface area contributed by atoms with Gasteiger partial charge < -0.3 is 11.1 Å². The standard InChI is InChI=1S/C12H17ClN2O3S.H2S/c1-8(5-6-19(2,17)18)15-12(16)10-7-9(13)3-4-11(10)14;/h3-4,7-8H,5-6,14H2,1-2H3,(H,15,16);1H2/t8-;/m0./s1. The average molecular weight is 339 g/mol. The van der Waals surface area contributed by atoms with E-state index >= 15 is 0 Å². The van der Waals surface area contributed by atoms with E-state index in [0.717, 1.165) is 6.26 Å². The first kappa shape index (κ1) is 19.1. The molecule has 0 aliphatic rings. The highest BCUT2D eigenvalue weighted by atomic mass is 35.5. The van der Waals surface area contributed by atoms with Crippen LogP contribution in [0.25, 0.3) is 0 Å². The van der Waals surface area contributed by atoms with Crippen molar-refractivity contribution in [2.24, 2.45) is 0 Å². The Morgan fingerprint density at radius 1 is 1.45 bits per heavy atom. The van der Waals surface area contributed by atoms with Crippen LogP contribution in [0.5, 0.6) is 0 Å². The Labute approximate surface area is 131 Å². The molecule has 0 aromatic heterocycles. The van der Waals surface area contributed by atoms with E-state index in [4.69, 9.17) is 17.3 Å². The van der Waals surface area contributed by atoms with E-state index in [1.165, 1.54) is 6.07 Å². The van der Waals surface area contributed by atoms with Crippen molar-refractivity contribution in [3.63, 3.8) is 0 Å². The summed E-state index contributed by atoms with van der Waals surface area (Å²) in [5.74, 6) is -0.333. The second-order valence-electron chi connectivity index (χ2n) is 4.52. The van der Waals surface area contributed by atoms with Crippen molar-refractivity contribution in [2.75, 3.05) is 17.7 Å². The highest BCUT2D eigenvalue weighted by molar-refractivity contribution is 7.90. The van der Waals surface area contributed by atoms with Crippen molar-refractivity contribution in [2.45, 2.75) is 19.4 Å². The molecule has 1 atom stereocenters. The number of carbonyl (C=O) groups is 1. The molecule has 0 heterocycles. The van der Waals surface area contributed by atoms with E-state index in [2.05, 4.69) is 5.32 Å². The Bertz CT molecular complexity index is 576. The molecular formula is C12H19ClN2O3S2. The minimum Gasteiger partial charge on any atom is -0.398 e. The van der Waals surface area contributed by atoms with Crippen LogP contribution in [-0.2, 0) is 9.84 Å². The highest BCUT2D eigenvalue weighted by Gasteiger charge is 2.14. The summed E-state index contributed by atoms with van der Waals surface area (Å²) in [5.41, 5.74) is 6.32. The monoisotopic (exact) mass is 338 g/mol. The summed E-state index contributed by atoms with van der Waals surface area (Å²) in [6.07, 6.45) is 1.52. The third kappa shape index (κ3) is 6.49. The van der Waals surface area contributed by atoms with Gasteiger partial charge in [0.25, 0.3) is 5.91 Å². The Morgan fingerprint density at radius 2 is 2.05 bits per heavy atom. The Morgan fingerprint density at radius 3 is 2.60 bits per heavy atom. The van der Waals surface area contributed by atoms with Gasteiger partial charge in [-0.1, -0.05) is 11.6 Å². The number of sulfone groups is 1. The Kier molecular flexibility index (Phi) is 7.40. The van der Waals surface area contributed by atoms with Crippen LogP contribution in [0.2, 0.25) is 5.02 Å². The van der Waals surface area contributed by atoms with Crippen LogP contribution in [-0.4, -0.2) is 32.4 Å². The summed E-state index contributed by atoms with van der Waals surface area (Å²) < 4.78 is 22.1. The van der Waals surface area contributed by atoms with Gasteiger partial charge in [-0.2, -0.15) is 13.5 Å². The minimum absolute atomic E-state index is 0. The van der Waals surface area contributed by atoms with E-state index in [1.54, 1.807) is 19.1 Å². The summed E-state index contributed by atoms with van der Waals surface area (Å²) in [5, 5.41) is 3.11. The Balaban J connectivity index is 0.00000361. The molecule has 0 radical (unpaired) electrons. The van der Waals surface area contributed by atoms with Crippen LogP contribution < -0.4 is 11.1 Å². The maximum atomic E-state index is 12.0. The Hall–Kier alpha value is -0.920. The molecule has 0 saturated heterocycles. The maximum Gasteiger partial charge on any atom is 0.253 e. The lowest BCUT2D eigenvalue weighted by Crippen LogP contribution is -2.34. The van der Waals surface area contributed by atoms with Gasteiger partial charge in [0.15, 0.2) is 0 Å². The predicted octanol–water partition coefficient (Wildman–Crippen LogP) is 1.59. The number of hydrogen-bond acceptors (Lipinski definition) is 4. The van der Waals surface area contributed by atoms with Gasteiger partial charge in [0, 0.05) is 23.0 Å². The lowest BCUT2D eigenvalue weighted by Gasteiger charge is -2.14. The number of anilines is 1. The van der Waals surface area contributed by atoms with E-state index in [-0.39, 0.29) is 31.2 Å². The third-order valence-electron chi connectivity index (χ3n) is 2.56. The fourth-order valence-electron chi connectivity index (χ4n) is 1.49. The summed E-state index contributed by atoms with van der Waals surface area (Å²) in [7, 11) is -3.03. The van der Waals surface area contributed by atoms with Crippen LogP contribution >= 0.6 is 25.1 Å². The van der Waals surface area contributed by atoms with E-state index in [0.29, 0.717) is 22.7 Å². The van der Waals surface area contributed by atoms with Crippen LogP contribution in [0.15, 0.2) is 18.2 Å². The molecule has 0 spiro atoms. The summed E-state index contributed by atoms with van der Waals surface area (Å²) in [6, 6.07) is 4.37. The number of benzene rings is 1. The van der Waals surface area contributed by atoms with Gasteiger partial charge in [-0.15, -0.1) is 0 Å². The number of hydrogen-bond donors (Lipinski definition) is 2. The number of nitrogens with two attached hydrogens (primary N) is 1. The van der Waals surface area contributed by atoms with Gasteiger partial charge in [0.1, 0.15) is 9.84 Å². The topological polar surface area (TPSA) is 89.3 Å². The van der Waals surface area contributed by atoms with Gasteiger partial charge in [-0.05, 0) is 31.5 Å². The fourth-order valence-corrected chi connectivity index (χ4v) is 2.44. The van der Waals surface area contributed by atoms with E-state index in [1.807, 2.05) is 0 Å². The molecule has 20 heavy (non-hydrogen) atoms. The summed E-state index contributed by atoms with van der Waals surface area (Å²) >= 11 is 5.80. The normalized spacial score (nSPS) is 12.3. The summed E-state index contributed by atoms with van der Waals surface area (Å²) in [4.78, 5) is 12.0. The number of carbonyl (C=O) groups excluding carboxylic acids is 1. The van der Waals surface area contributed by atoms with Gasteiger partial charge in [-0.25, -0.2) is 8.42 Å². The SMILES string of the molecule is C[C@@H](CCS(C)(=O)=O)NC(=O)c1cc(Cl)ccc1N.S. The van der Waals surface area contributed by atoms with E-state index in [9.17, 15) is 13.2 Å². The van der Waals surface area contributed by atoms with Crippen molar-refractivity contribution >= 4 is 46.5 Å². The second-order valence-corrected chi connectivity index (χ2v) is 7.22. The second kappa shape index (κ2) is 7.75. The molecule has 0 aliphatic heterocycles. The molecule has 1 amide bonds. The van der Waals surface area contributed by atoms with Crippen LogP contribution in [0.4, 0.5) is 5.69 Å². The van der Waals surface area contributed by atoms with Crippen molar-refractivity contribution < 1.29 is 13.2 Å². The highest BCUT2D eigenvalue weighted by Crippen LogP contribution is 2.17. The molecule has 1 aromatic rings. The first-order valence-electron chi connectivity index (χ1n) is 5.72. The molecule has 0 bridgehead atoms. The molecule has 0 fully saturated rings. The van der Waals surface area contributed by atoms with Crippen LogP contribution in [0, 0.1) is 0 Å². The third-order valence-corrected chi connectivity index (χ3v) is 3.77. The van der Waals surface area contributed by atoms with Crippen molar-refractivity contribution in [3.8, 4) is 0 Å². The molecule has 1 rings (SSSR count). The molecule has 5 nitrogen and oxygen atoms in total. The predicted molar refractivity (Wildman–Crippen MR) is 87.5 cm³/mol. The lowest BCUT2D eigenvalue weighted by molar-refractivity contribution is 0.0940. The minimum atomic E-state index is -3.03. The molecule has 1 aromatic carbocycles. The van der Waals surface area contributed by atoms with E-state index < -0.39 is 9.84 Å². The van der Waals surface area contributed by atoms with Crippen molar-refractivity contribution in [1.29, 1.82) is 0 Å². The lowest BCUT2D eigenvalue weighted by atomic mass is 10.1. The first-order valence-corrected chi connectivity index (χ1v) is 8.16. The van der Waals surface area contributed by atoms with Gasteiger partial charge >= 0.3 is 0 Å². The first-order chi connectivity index (χ1) is 8.69. The molecule has 0 saturated carbocycles. The fraction of sp³-hybridized carbons (Fsp3) is 0.417. The zero-order chi connectivity index (χ0) is 14.6. The largest absolute Gasteiger partial charge is 0.398 e. The van der Waals surface area contributed by atoms with Gasteiger partial charge in [-0.3, -0.25) is 4.79 Å². The molecular weight excluding hydrogens is 320 g/mol. The number of amides is 1. The number of halogens is 1. The van der Waals surface area contributed by atoms with Crippen molar-refractivity contribution in [3.05, 3.63) is 28.8 Å². The quantitative estimate of drug-likeness (QED) is 0.798. The molecule has 0 aliphatic carbocycles. The van der Waals surface area contributed by atoms with Crippen LogP contribution in [0.1, 0.15) is 23.7 Å². The summed E-state index contributed by atoms with van der Waals surface area (Å²) in [6.45, 7) is 1.74. The molecule has 8 heteroatoms. The van der Waals surface area contributed by atoms with Crippen LogP contribution in [0.3, 0.4) is 0 Å². The van der Waals surface area contributed by atoms with Crippen molar-refractivity contribution in [1.82, 2.24) is 5.32 Å². The smallest absolute Gasteiger partial charge is 0.253 e. The number of nitrogens with one attached hydrogen (secondary N) is 1. The number of rotatable bonds is 5. The maximum absolute atomic E-state index is 12.0. The zero-order valence-corrected chi connectivity index (χ0v) is 13.9. The number of nitrogen functional groups attached to an aromatic ring is 1.